The van der Waals surface area contributed by atoms with E-state index in [4.69, 9.17) is 0 Å². The van der Waals surface area contributed by atoms with E-state index in [2.05, 4.69) is 0 Å². The standard InChI is InChI=1S/C15H10F2/c16-15(17)13(11-7-3-1-4-8-11)14(15)12-9-5-2-6-10-12/h1-10H. The molecule has 0 aromatic heterocycles. The molecule has 0 amide bonds. The zero-order valence-corrected chi connectivity index (χ0v) is 9.03. The van der Waals surface area contributed by atoms with Crippen molar-refractivity contribution in [2.75, 3.05) is 0 Å². The van der Waals surface area contributed by atoms with Gasteiger partial charge in [0.2, 0.25) is 0 Å². The average molecular weight is 228 g/mol. The molecule has 1 aliphatic rings. The van der Waals surface area contributed by atoms with Gasteiger partial charge in [0, 0.05) is 11.1 Å². The van der Waals surface area contributed by atoms with E-state index >= 15 is 0 Å². The molecule has 0 fully saturated rings. The van der Waals surface area contributed by atoms with E-state index < -0.39 is 5.92 Å². The summed E-state index contributed by atoms with van der Waals surface area (Å²) in [7, 11) is 0. The number of hydrogen-bond acceptors (Lipinski definition) is 0. The summed E-state index contributed by atoms with van der Waals surface area (Å²) >= 11 is 0. The Labute approximate surface area is 98.2 Å². The van der Waals surface area contributed by atoms with E-state index in [0.29, 0.717) is 11.1 Å². The summed E-state index contributed by atoms with van der Waals surface area (Å²) in [6.45, 7) is 0. The molecule has 1 aliphatic carbocycles. The zero-order chi connectivity index (χ0) is 11.9. The fourth-order valence-corrected chi connectivity index (χ4v) is 2.10. The highest BCUT2D eigenvalue weighted by molar-refractivity contribution is 6.15. The third-order valence-electron chi connectivity index (χ3n) is 2.94. The van der Waals surface area contributed by atoms with E-state index in [-0.39, 0.29) is 11.1 Å². The van der Waals surface area contributed by atoms with Crippen LogP contribution in [-0.2, 0) is 0 Å². The Hall–Kier alpha value is -1.96. The minimum atomic E-state index is -2.78. The first kappa shape index (κ1) is 10.2. The molecule has 0 saturated heterocycles. The van der Waals surface area contributed by atoms with Crippen molar-refractivity contribution in [1.82, 2.24) is 0 Å². The van der Waals surface area contributed by atoms with Crippen molar-refractivity contribution in [3.05, 3.63) is 71.8 Å². The average Bonchev–Trinajstić information content (AvgIpc) is 2.94. The first-order valence-corrected chi connectivity index (χ1v) is 5.45. The highest BCUT2D eigenvalue weighted by Gasteiger charge is 2.56. The number of hydrogen-bond donors (Lipinski definition) is 0. The highest BCUT2D eigenvalue weighted by Crippen LogP contribution is 2.60. The summed E-state index contributed by atoms with van der Waals surface area (Å²) in [6.07, 6.45) is 0. The molecule has 0 saturated carbocycles. The number of alkyl halides is 2. The van der Waals surface area contributed by atoms with Gasteiger partial charge in [-0.05, 0) is 11.1 Å². The van der Waals surface area contributed by atoms with Crippen LogP contribution in [0.15, 0.2) is 60.7 Å². The van der Waals surface area contributed by atoms with E-state index in [1.807, 2.05) is 12.1 Å². The van der Waals surface area contributed by atoms with Crippen molar-refractivity contribution >= 4 is 11.1 Å². The number of rotatable bonds is 2. The van der Waals surface area contributed by atoms with Crippen molar-refractivity contribution in [2.24, 2.45) is 0 Å². The largest absolute Gasteiger partial charge is 0.300 e. The molecule has 84 valence electrons. The van der Waals surface area contributed by atoms with Crippen molar-refractivity contribution < 1.29 is 8.78 Å². The molecule has 0 unspecified atom stereocenters. The van der Waals surface area contributed by atoms with Gasteiger partial charge in [-0.1, -0.05) is 60.7 Å². The summed E-state index contributed by atoms with van der Waals surface area (Å²) in [6, 6.07) is 17.6. The second-order valence-electron chi connectivity index (χ2n) is 4.06. The fourth-order valence-electron chi connectivity index (χ4n) is 2.10. The van der Waals surface area contributed by atoms with Crippen LogP contribution in [0.3, 0.4) is 0 Å². The van der Waals surface area contributed by atoms with Crippen LogP contribution in [0.25, 0.3) is 11.1 Å². The fraction of sp³-hybridized carbons (Fsp3) is 0.0667. The summed E-state index contributed by atoms with van der Waals surface area (Å²) in [5.74, 6) is -2.78. The molecule has 0 spiro atoms. The SMILES string of the molecule is FC1(F)C(c2ccccc2)=C1c1ccccc1. The van der Waals surface area contributed by atoms with E-state index in [0.717, 1.165) is 0 Å². The van der Waals surface area contributed by atoms with Gasteiger partial charge in [0.15, 0.2) is 0 Å². The highest BCUT2D eigenvalue weighted by atomic mass is 19.3. The Balaban J connectivity index is 2.08. The van der Waals surface area contributed by atoms with E-state index in [1.165, 1.54) is 0 Å². The molecule has 0 bridgehead atoms. The van der Waals surface area contributed by atoms with Crippen LogP contribution in [0.4, 0.5) is 8.78 Å². The maximum absolute atomic E-state index is 13.8. The summed E-state index contributed by atoms with van der Waals surface area (Å²) in [5.41, 5.74) is 1.53. The predicted molar refractivity (Wildman–Crippen MR) is 64.6 cm³/mol. The van der Waals surface area contributed by atoms with Gasteiger partial charge in [-0.25, -0.2) is 0 Å². The molecule has 2 heteroatoms. The molecule has 0 atom stereocenters. The Morgan fingerprint density at radius 1 is 0.588 bits per heavy atom. The summed E-state index contributed by atoms with van der Waals surface area (Å²) in [4.78, 5) is 0. The van der Waals surface area contributed by atoms with Gasteiger partial charge in [0.1, 0.15) is 0 Å². The number of allylic oxidation sites excluding steroid dienone is 2. The first-order chi connectivity index (χ1) is 8.21. The summed E-state index contributed by atoms with van der Waals surface area (Å²) < 4.78 is 27.5. The van der Waals surface area contributed by atoms with Crippen LogP contribution in [0.1, 0.15) is 11.1 Å². The lowest BCUT2D eigenvalue weighted by atomic mass is 10.1. The van der Waals surface area contributed by atoms with Crippen LogP contribution in [-0.4, -0.2) is 5.92 Å². The quantitative estimate of drug-likeness (QED) is 0.721. The first-order valence-electron chi connectivity index (χ1n) is 5.45. The van der Waals surface area contributed by atoms with Crippen LogP contribution in [0.5, 0.6) is 0 Å². The Bertz CT molecular complexity index is 517. The lowest BCUT2D eigenvalue weighted by molar-refractivity contribution is 0.166. The summed E-state index contributed by atoms with van der Waals surface area (Å²) in [5, 5.41) is 0. The van der Waals surface area contributed by atoms with Crippen molar-refractivity contribution in [3.8, 4) is 0 Å². The van der Waals surface area contributed by atoms with Gasteiger partial charge in [-0.2, -0.15) is 8.78 Å². The predicted octanol–water partition coefficient (Wildman–Crippen LogP) is 4.25. The van der Waals surface area contributed by atoms with Gasteiger partial charge < -0.3 is 0 Å². The number of benzene rings is 2. The Kier molecular flexibility index (Phi) is 2.11. The Morgan fingerprint density at radius 2 is 0.941 bits per heavy atom. The molecular formula is C15H10F2. The van der Waals surface area contributed by atoms with Gasteiger partial charge >= 0.3 is 5.92 Å². The molecule has 17 heavy (non-hydrogen) atoms. The molecule has 2 aromatic rings. The smallest absolute Gasteiger partial charge is 0.196 e. The van der Waals surface area contributed by atoms with Crippen LogP contribution in [0, 0.1) is 0 Å². The van der Waals surface area contributed by atoms with Crippen molar-refractivity contribution in [2.45, 2.75) is 5.92 Å². The minimum absolute atomic E-state index is 0.157. The van der Waals surface area contributed by atoms with Crippen molar-refractivity contribution in [1.29, 1.82) is 0 Å². The van der Waals surface area contributed by atoms with Gasteiger partial charge in [-0.3, -0.25) is 0 Å². The maximum Gasteiger partial charge on any atom is 0.300 e. The Morgan fingerprint density at radius 3 is 1.29 bits per heavy atom. The second-order valence-corrected chi connectivity index (χ2v) is 4.06. The van der Waals surface area contributed by atoms with Crippen LogP contribution >= 0.6 is 0 Å². The maximum atomic E-state index is 13.8. The van der Waals surface area contributed by atoms with E-state index in [1.54, 1.807) is 48.5 Å². The van der Waals surface area contributed by atoms with Gasteiger partial charge in [0.25, 0.3) is 0 Å². The molecule has 3 rings (SSSR count). The van der Waals surface area contributed by atoms with Gasteiger partial charge in [-0.15, -0.1) is 0 Å². The molecule has 0 nitrogen and oxygen atoms in total. The third kappa shape index (κ3) is 1.57. The van der Waals surface area contributed by atoms with Crippen LogP contribution < -0.4 is 0 Å². The van der Waals surface area contributed by atoms with E-state index in [9.17, 15) is 8.78 Å². The number of halogens is 2. The molecule has 0 heterocycles. The molecule has 0 aliphatic heterocycles. The molecule has 0 N–H and O–H groups in total. The van der Waals surface area contributed by atoms with Crippen molar-refractivity contribution in [3.63, 3.8) is 0 Å². The lowest BCUT2D eigenvalue weighted by Crippen LogP contribution is -1.96. The molecule has 2 aromatic carbocycles. The topological polar surface area (TPSA) is 0 Å². The minimum Gasteiger partial charge on any atom is -0.196 e. The lowest BCUT2D eigenvalue weighted by Gasteiger charge is -1.98. The van der Waals surface area contributed by atoms with Gasteiger partial charge in [0.05, 0.1) is 0 Å². The third-order valence-corrected chi connectivity index (χ3v) is 2.94. The zero-order valence-electron chi connectivity index (χ0n) is 9.03. The monoisotopic (exact) mass is 228 g/mol. The molecular weight excluding hydrogens is 218 g/mol. The molecule has 0 radical (unpaired) electrons. The second kappa shape index (κ2) is 3.52. The normalized spacial score (nSPS) is 17.1. The van der Waals surface area contributed by atoms with Crippen LogP contribution in [0.2, 0.25) is 0 Å².